The first-order valence-corrected chi connectivity index (χ1v) is 14.3. The average Bonchev–Trinajstić information content (AvgIpc) is 2.94. The monoisotopic (exact) mass is 528 g/mol. The molecule has 0 saturated carbocycles. The molecule has 0 aliphatic carbocycles. The lowest BCUT2D eigenvalue weighted by Crippen LogP contribution is -2.19. The third kappa shape index (κ3) is 7.00. The molecule has 0 radical (unpaired) electrons. The van der Waals surface area contributed by atoms with Crippen LogP contribution in [-0.2, 0) is 9.09 Å². The normalized spacial score (nSPS) is 14.0. The molecule has 0 bridgehead atoms. The summed E-state index contributed by atoms with van der Waals surface area (Å²) in [5, 5.41) is 0. The van der Waals surface area contributed by atoms with Gasteiger partial charge in [0.25, 0.3) is 0 Å². The van der Waals surface area contributed by atoms with Gasteiger partial charge in [0.2, 0.25) is 0 Å². The first-order chi connectivity index (χ1) is 18.2. The highest BCUT2D eigenvalue weighted by atomic mass is 31.2. The van der Waals surface area contributed by atoms with Crippen molar-refractivity contribution in [2.24, 2.45) is 0 Å². The Bertz CT molecular complexity index is 1290. The minimum absolute atomic E-state index is 0.00174. The van der Waals surface area contributed by atoms with Crippen LogP contribution in [0.25, 0.3) is 0 Å². The van der Waals surface area contributed by atoms with Crippen LogP contribution >= 0.6 is 7.82 Å². The van der Waals surface area contributed by atoms with Gasteiger partial charge in [-0.3, -0.25) is 0 Å². The zero-order chi connectivity index (χ0) is 27.1. The molecule has 0 amide bonds. The number of benzene rings is 4. The van der Waals surface area contributed by atoms with Crippen molar-refractivity contribution < 1.29 is 23.6 Å². The van der Waals surface area contributed by atoms with Crippen LogP contribution in [0.2, 0.25) is 0 Å². The Kier molecular flexibility index (Phi) is 9.19. The molecule has 3 unspecified atom stereocenters. The van der Waals surface area contributed by atoms with Crippen molar-refractivity contribution in [3.63, 3.8) is 0 Å². The highest BCUT2D eigenvalue weighted by molar-refractivity contribution is 7.43. The summed E-state index contributed by atoms with van der Waals surface area (Å²) in [6.07, 6.45) is 0. The van der Waals surface area contributed by atoms with Gasteiger partial charge in [-0.25, -0.2) is 0 Å². The van der Waals surface area contributed by atoms with Crippen molar-refractivity contribution in [1.29, 1.82) is 0 Å². The predicted molar refractivity (Wildman–Crippen MR) is 147 cm³/mol. The lowest BCUT2D eigenvalue weighted by Gasteiger charge is -2.29. The van der Waals surface area contributed by atoms with Gasteiger partial charge in [0.1, 0.15) is 12.4 Å². The summed E-state index contributed by atoms with van der Waals surface area (Å²) in [5.74, 6) is 0.838. The summed E-state index contributed by atoms with van der Waals surface area (Å²) < 4.78 is 21.7. The Morgan fingerprint density at radius 2 is 1.00 bits per heavy atom. The van der Waals surface area contributed by atoms with Crippen LogP contribution in [0.3, 0.4) is 0 Å². The van der Waals surface area contributed by atoms with Gasteiger partial charge in [0.05, 0.1) is 14.4 Å². The van der Waals surface area contributed by atoms with Crippen LogP contribution in [0, 0.1) is 0 Å². The van der Waals surface area contributed by atoms with Gasteiger partial charge in [-0.05, 0) is 22.3 Å². The molecule has 198 valence electrons. The molecule has 38 heavy (non-hydrogen) atoms. The molecule has 0 spiro atoms. The molecule has 0 aliphatic rings. The number of phosphoric acid groups is 1. The molecule has 4 rings (SSSR count). The van der Waals surface area contributed by atoms with Crippen LogP contribution in [0.5, 0.6) is 5.75 Å². The predicted octanol–water partition coefficient (Wildman–Crippen LogP) is 6.37. The summed E-state index contributed by atoms with van der Waals surface area (Å²) in [5.41, 5.74) is 6.66. The number of rotatable bonds is 11. The van der Waals surface area contributed by atoms with E-state index in [2.05, 4.69) is 86.0 Å². The van der Waals surface area contributed by atoms with Crippen molar-refractivity contribution >= 4 is 7.82 Å². The van der Waals surface area contributed by atoms with Crippen molar-refractivity contribution in [1.82, 2.24) is 0 Å². The van der Waals surface area contributed by atoms with E-state index in [4.69, 9.17) is 4.74 Å². The summed E-state index contributed by atoms with van der Waals surface area (Å²) in [7, 11) is -5.08. The molecule has 4 aromatic rings. The molecular formula is C32H33O5P-2. The van der Waals surface area contributed by atoms with Crippen molar-refractivity contribution in [2.45, 2.75) is 38.5 Å². The molecule has 4 aromatic carbocycles. The van der Waals surface area contributed by atoms with Gasteiger partial charge in [0, 0.05) is 28.9 Å². The minimum Gasteiger partial charge on any atom is -0.790 e. The van der Waals surface area contributed by atoms with E-state index >= 15 is 0 Å². The van der Waals surface area contributed by atoms with E-state index in [1.54, 1.807) is 0 Å². The zero-order valence-electron chi connectivity index (χ0n) is 21.9. The Balaban J connectivity index is 1.85. The summed E-state index contributed by atoms with van der Waals surface area (Å²) >= 11 is 0. The van der Waals surface area contributed by atoms with Crippen molar-refractivity contribution in [2.75, 3.05) is 13.2 Å². The van der Waals surface area contributed by atoms with Crippen LogP contribution in [-0.4, -0.2) is 13.2 Å². The van der Waals surface area contributed by atoms with Gasteiger partial charge in [-0.1, -0.05) is 124 Å². The lowest BCUT2D eigenvalue weighted by molar-refractivity contribution is -0.341. The second-order valence-corrected chi connectivity index (χ2v) is 10.7. The fraction of sp³-hybridized carbons (Fsp3) is 0.250. The molecule has 0 aromatic heterocycles. The third-order valence-electron chi connectivity index (χ3n) is 7.08. The van der Waals surface area contributed by atoms with Gasteiger partial charge in [0.15, 0.2) is 0 Å². The summed E-state index contributed by atoms with van der Waals surface area (Å²) in [6.45, 7) is 6.08. The van der Waals surface area contributed by atoms with Gasteiger partial charge < -0.3 is 23.6 Å². The number of ether oxygens (including phenoxy) is 1. The molecule has 5 nitrogen and oxygen atoms in total. The summed E-state index contributed by atoms with van der Waals surface area (Å²) in [4.78, 5) is 22.0. The Morgan fingerprint density at radius 3 is 1.39 bits per heavy atom. The zero-order valence-corrected chi connectivity index (χ0v) is 22.8. The molecule has 0 saturated heterocycles. The van der Waals surface area contributed by atoms with E-state index in [0.29, 0.717) is 5.75 Å². The first kappa shape index (κ1) is 27.8. The van der Waals surface area contributed by atoms with E-state index in [1.807, 2.05) is 42.5 Å². The topological polar surface area (TPSA) is 81.7 Å². The van der Waals surface area contributed by atoms with E-state index in [9.17, 15) is 14.4 Å². The molecular weight excluding hydrogens is 495 g/mol. The van der Waals surface area contributed by atoms with Gasteiger partial charge >= 0.3 is 0 Å². The number of hydrogen-bond acceptors (Lipinski definition) is 5. The third-order valence-corrected chi connectivity index (χ3v) is 7.58. The fourth-order valence-corrected chi connectivity index (χ4v) is 5.13. The van der Waals surface area contributed by atoms with E-state index in [0.717, 1.165) is 22.3 Å². The standard InChI is InChI=1S/C32H35O5P/c1-23(26-13-7-4-8-14-26)29-21-30(24(2)27-15-9-5-10-16-27)32(36-19-20-37-38(33,34)35)31(22-29)25(3)28-17-11-6-12-18-28/h4-18,21-25H,19-20H2,1-3H3,(H2,33,34,35)/p-2. The minimum atomic E-state index is -5.08. The fourth-order valence-electron chi connectivity index (χ4n) is 4.83. The molecule has 0 heterocycles. The smallest absolute Gasteiger partial charge is 0.127 e. The maximum absolute atomic E-state index is 11.0. The van der Waals surface area contributed by atoms with Crippen LogP contribution in [0.4, 0.5) is 0 Å². The van der Waals surface area contributed by atoms with Crippen molar-refractivity contribution in [3.8, 4) is 5.75 Å². The number of phosphoric ester groups is 1. The Morgan fingerprint density at radius 1 is 0.605 bits per heavy atom. The molecule has 0 aliphatic heterocycles. The maximum Gasteiger partial charge on any atom is 0.127 e. The highest BCUT2D eigenvalue weighted by Gasteiger charge is 2.24. The molecule has 0 fully saturated rings. The van der Waals surface area contributed by atoms with E-state index in [-0.39, 0.29) is 31.0 Å². The average molecular weight is 529 g/mol. The van der Waals surface area contributed by atoms with Crippen LogP contribution in [0.1, 0.15) is 71.9 Å². The van der Waals surface area contributed by atoms with Crippen molar-refractivity contribution in [3.05, 3.63) is 137 Å². The second-order valence-electron chi connectivity index (χ2n) is 9.55. The molecule has 3 atom stereocenters. The van der Waals surface area contributed by atoms with E-state index < -0.39 is 7.82 Å². The quantitative estimate of drug-likeness (QED) is 0.167. The summed E-state index contributed by atoms with van der Waals surface area (Å²) in [6, 6.07) is 35.2. The largest absolute Gasteiger partial charge is 0.790 e. The molecule has 6 heteroatoms. The Labute approximate surface area is 225 Å². The Hall–Kier alpha value is -3.21. The maximum atomic E-state index is 11.0. The van der Waals surface area contributed by atoms with Gasteiger partial charge in [-0.15, -0.1) is 0 Å². The van der Waals surface area contributed by atoms with Crippen LogP contribution in [0.15, 0.2) is 103 Å². The molecule has 0 N–H and O–H groups in total. The second kappa shape index (κ2) is 12.6. The van der Waals surface area contributed by atoms with E-state index in [1.165, 1.54) is 11.1 Å². The first-order valence-electron chi connectivity index (χ1n) is 12.9. The SMILES string of the molecule is CC(c1ccccc1)c1cc(C(C)c2ccccc2)c(OCCOP(=O)([O-])[O-])c(C(C)c2ccccc2)c1. The number of hydrogen-bond donors (Lipinski definition) is 0. The van der Waals surface area contributed by atoms with Gasteiger partial charge in [-0.2, -0.15) is 0 Å². The van der Waals surface area contributed by atoms with Crippen LogP contribution < -0.4 is 14.5 Å². The lowest BCUT2D eigenvalue weighted by atomic mass is 9.81. The highest BCUT2D eigenvalue weighted by Crippen LogP contribution is 2.42.